The number of likely N-dealkylation sites (tertiary alicyclic amines) is 1. The van der Waals surface area contributed by atoms with Gasteiger partial charge in [-0.1, -0.05) is 51.7 Å². The zero-order chi connectivity index (χ0) is 23.3. The van der Waals surface area contributed by atoms with Crippen molar-refractivity contribution in [2.24, 2.45) is 0 Å². The highest BCUT2D eigenvalue weighted by Crippen LogP contribution is 2.36. The molecule has 176 valence electrons. The van der Waals surface area contributed by atoms with E-state index < -0.39 is 11.5 Å². The van der Waals surface area contributed by atoms with Gasteiger partial charge in [-0.3, -0.25) is 9.69 Å². The predicted molar refractivity (Wildman–Crippen MR) is 129 cm³/mol. The van der Waals surface area contributed by atoms with Crippen LogP contribution >= 0.6 is 0 Å². The smallest absolute Gasteiger partial charge is 0.360 e. The molecule has 32 heavy (non-hydrogen) atoms. The summed E-state index contributed by atoms with van der Waals surface area (Å²) in [6, 6.07) is 8.92. The Morgan fingerprint density at radius 3 is 2.44 bits per heavy atom. The summed E-state index contributed by atoms with van der Waals surface area (Å²) in [7, 11) is 0. The van der Waals surface area contributed by atoms with Crippen LogP contribution in [0.4, 0.5) is 0 Å². The maximum absolute atomic E-state index is 13.0. The lowest BCUT2D eigenvalue weighted by Crippen LogP contribution is -2.45. The van der Waals surface area contributed by atoms with Crippen LogP contribution in [-0.2, 0) is 0 Å². The molecule has 1 N–H and O–H groups in total. The summed E-state index contributed by atoms with van der Waals surface area (Å²) in [4.78, 5) is 31.4. The fourth-order valence-electron chi connectivity index (χ4n) is 5.60. The van der Waals surface area contributed by atoms with Crippen LogP contribution in [0.15, 0.2) is 29.1 Å². The third kappa shape index (κ3) is 5.22. The number of hydrogen-bond acceptors (Lipinski definition) is 4. The molecule has 2 fully saturated rings. The Bertz CT molecular complexity index is 964. The second-order valence-corrected chi connectivity index (χ2v) is 9.54. The molecular formula is C26H39N3O3. The second-order valence-electron chi connectivity index (χ2n) is 9.54. The Hall–Kier alpha value is -2.21. The summed E-state index contributed by atoms with van der Waals surface area (Å²) in [5.74, 6) is -1.26. The summed E-state index contributed by atoms with van der Waals surface area (Å²) in [6.07, 6.45) is 11.0. The first kappa shape index (κ1) is 24.4. The minimum atomic E-state index is -1.26. The van der Waals surface area contributed by atoms with Gasteiger partial charge in [-0.15, -0.1) is 0 Å². The Labute approximate surface area is 191 Å². The van der Waals surface area contributed by atoms with Crippen molar-refractivity contribution in [3.63, 3.8) is 0 Å². The van der Waals surface area contributed by atoms with E-state index in [4.69, 9.17) is 0 Å². The SMILES string of the molecule is CC1CCC(CC(C)n2c(=O)c(C(=O)O)nc3ccccc32)N1C1CCCCC1.CCC. The summed E-state index contributed by atoms with van der Waals surface area (Å²) < 4.78 is 1.66. The van der Waals surface area contributed by atoms with Crippen molar-refractivity contribution in [1.82, 2.24) is 14.5 Å². The number of hydrogen-bond donors (Lipinski definition) is 1. The number of carboxylic acids is 1. The molecule has 2 aliphatic rings. The van der Waals surface area contributed by atoms with E-state index >= 15 is 0 Å². The summed E-state index contributed by atoms with van der Waals surface area (Å²) in [5, 5.41) is 9.48. The first-order valence-electron chi connectivity index (χ1n) is 12.4. The van der Waals surface area contributed by atoms with Crippen molar-refractivity contribution in [3.05, 3.63) is 40.3 Å². The quantitative estimate of drug-likeness (QED) is 0.649. The topological polar surface area (TPSA) is 75.4 Å². The number of para-hydroxylation sites is 2. The molecule has 2 heterocycles. The molecule has 6 nitrogen and oxygen atoms in total. The average Bonchev–Trinajstić information content (AvgIpc) is 3.14. The van der Waals surface area contributed by atoms with Gasteiger partial charge >= 0.3 is 5.97 Å². The summed E-state index contributed by atoms with van der Waals surface area (Å²) in [6.45, 7) is 8.62. The van der Waals surface area contributed by atoms with Crippen molar-refractivity contribution in [2.45, 2.75) is 110 Å². The highest BCUT2D eigenvalue weighted by molar-refractivity contribution is 5.88. The molecule has 1 aliphatic heterocycles. The fraction of sp³-hybridized carbons (Fsp3) is 0.654. The molecule has 3 unspecified atom stereocenters. The molecule has 1 aromatic heterocycles. The van der Waals surface area contributed by atoms with Crippen LogP contribution in [0.2, 0.25) is 0 Å². The maximum Gasteiger partial charge on any atom is 0.360 e. The van der Waals surface area contributed by atoms with Crippen LogP contribution < -0.4 is 5.56 Å². The molecule has 1 aliphatic carbocycles. The van der Waals surface area contributed by atoms with E-state index in [1.165, 1.54) is 44.9 Å². The third-order valence-corrected chi connectivity index (χ3v) is 6.90. The average molecular weight is 442 g/mol. The van der Waals surface area contributed by atoms with E-state index in [1.807, 2.05) is 25.1 Å². The van der Waals surface area contributed by atoms with Gasteiger partial charge in [0.05, 0.1) is 11.0 Å². The van der Waals surface area contributed by atoms with Gasteiger partial charge in [0, 0.05) is 24.2 Å². The zero-order valence-electron chi connectivity index (χ0n) is 20.1. The number of benzene rings is 1. The number of aromatic carboxylic acids is 1. The molecule has 0 bridgehead atoms. The zero-order valence-corrected chi connectivity index (χ0v) is 20.1. The van der Waals surface area contributed by atoms with Gasteiger partial charge in [0.2, 0.25) is 5.69 Å². The van der Waals surface area contributed by atoms with Gasteiger partial charge in [-0.2, -0.15) is 0 Å². The standard InChI is InChI=1S/C23H31N3O3.C3H8/c1-15-12-13-18(25(15)17-8-4-3-5-9-17)14-16(2)26-20-11-7-6-10-19(20)24-21(22(26)27)23(28)29;1-3-2/h6-7,10-11,15-18H,3-5,8-9,12-14H2,1-2H3,(H,28,29);3H2,1-2H3. The van der Waals surface area contributed by atoms with E-state index in [-0.39, 0.29) is 11.7 Å². The molecule has 3 atom stereocenters. The molecule has 0 amide bonds. The van der Waals surface area contributed by atoms with Gasteiger partial charge in [0.15, 0.2) is 0 Å². The molecule has 1 saturated carbocycles. The van der Waals surface area contributed by atoms with E-state index in [9.17, 15) is 14.7 Å². The third-order valence-electron chi connectivity index (χ3n) is 6.90. The molecular weight excluding hydrogens is 402 g/mol. The van der Waals surface area contributed by atoms with Crippen LogP contribution in [-0.4, -0.2) is 43.7 Å². The highest BCUT2D eigenvalue weighted by Gasteiger charge is 2.37. The lowest BCUT2D eigenvalue weighted by molar-refractivity contribution is 0.0687. The number of fused-ring (bicyclic) bond motifs is 1. The van der Waals surface area contributed by atoms with Crippen LogP contribution in [0.5, 0.6) is 0 Å². The minimum Gasteiger partial charge on any atom is -0.476 e. The monoisotopic (exact) mass is 441 g/mol. The highest BCUT2D eigenvalue weighted by atomic mass is 16.4. The fourth-order valence-corrected chi connectivity index (χ4v) is 5.60. The second kappa shape index (κ2) is 11.1. The Morgan fingerprint density at radius 2 is 1.78 bits per heavy atom. The van der Waals surface area contributed by atoms with Crippen LogP contribution in [0.3, 0.4) is 0 Å². The van der Waals surface area contributed by atoms with Gasteiger partial charge in [0.25, 0.3) is 5.56 Å². The van der Waals surface area contributed by atoms with Crippen molar-refractivity contribution in [2.75, 3.05) is 0 Å². The number of aromatic nitrogens is 2. The van der Waals surface area contributed by atoms with E-state index in [1.54, 1.807) is 10.6 Å². The molecule has 0 radical (unpaired) electrons. The first-order valence-corrected chi connectivity index (χ1v) is 12.4. The number of carboxylic acid groups (broad SMARTS) is 1. The predicted octanol–water partition coefficient (Wildman–Crippen LogP) is 5.65. The van der Waals surface area contributed by atoms with Gasteiger partial charge in [-0.25, -0.2) is 9.78 Å². The lowest BCUT2D eigenvalue weighted by atomic mass is 9.92. The maximum atomic E-state index is 13.0. The molecule has 1 saturated heterocycles. The van der Waals surface area contributed by atoms with E-state index in [2.05, 4.69) is 30.7 Å². The Balaban J connectivity index is 0.000000913. The van der Waals surface area contributed by atoms with Gasteiger partial charge < -0.3 is 9.67 Å². The van der Waals surface area contributed by atoms with Crippen molar-refractivity contribution in [3.8, 4) is 0 Å². The van der Waals surface area contributed by atoms with Crippen molar-refractivity contribution >= 4 is 17.0 Å². The number of nitrogens with zero attached hydrogens (tertiary/aromatic N) is 3. The van der Waals surface area contributed by atoms with Gasteiger partial charge in [0.1, 0.15) is 0 Å². The Kier molecular flexibility index (Phi) is 8.46. The van der Waals surface area contributed by atoms with E-state index in [0.717, 1.165) is 12.8 Å². The van der Waals surface area contributed by atoms with Crippen molar-refractivity contribution < 1.29 is 9.90 Å². The van der Waals surface area contributed by atoms with Crippen LogP contribution in [0.1, 0.15) is 102 Å². The van der Waals surface area contributed by atoms with Crippen LogP contribution in [0.25, 0.3) is 11.0 Å². The molecule has 6 heteroatoms. The van der Waals surface area contributed by atoms with E-state index in [0.29, 0.717) is 29.2 Å². The molecule has 2 aromatic rings. The molecule has 1 aromatic carbocycles. The molecule has 0 spiro atoms. The minimum absolute atomic E-state index is 0.0881. The summed E-state index contributed by atoms with van der Waals surface area (Å²) >= 11 is 0. The van der Waals surface area contributed by atoms with Gasteiger partial charge in [-0.05, 0) is 58.1 Å². The Morgan fingerprint density at radius 1 is 1.12 bits per heavy atom. The number of carbonyl (C=O) groups is 1. The lowest BCUT2D eigenvalue weighted by Gasteiger charge is -2.39. The first-order chi connectivity index (χ1) is 15.4. The summed E-state index contributed by atoms with van der Waals surface area (Å²) in [5.41, 5.74) is 0.379. The van der Waals surface area contributed by atoms with Crippen LogP contribution in [0, 0.1) is 0 Å². The largest absolute Gasteiger partial charge is 0.476 e. The molecule has 4 rings (SSSR count). The number of rotatable bonds is 5. The normalized spacial score (nSPS) is 23.0. The van der Waals surface area contributed by atoms with Crippen molar-refractivity contribution in [1.29, 1.82) is 0 Å².